The maximum absolute atomic E-state index is 12.7. The summed E-state index contributed by atoms with van der Waals surface area (Å²) in [5.74, 6) is 0.837. The number of piperazine rings is 1. The van der Waals surface area contributed by atoms with Crippen molar-refractivity contribution in [2.75, 3.05) is 33.3 Å². The lowest BCUT2D eigenvalue weighted by Crippen LogP contribution is -2.52. The summed E-state index contributed by atoms with van der Waals surface area (Å²) in [5, 5.41) is 0.988. The van der Waals surface area contributed by atoms with Crippen LogP contribution < -0.4 is 4.74 Å². The summed E-state index contributed by atoms with van der Waals surface area (Å²) in [4.78, 5) is 28.3. The minimum Gasteiger partial charge on any atom is -0.496 e. The number of aromatic nitrogens is 1. The molecule has 0 N–H and O–H groups in total. The monoisotopic (exact) mass is 373 g/mol. The van der Waals surface area contributed by atoms with E-state index in [0.717, 1.165) is 16.7 Å². The molecule has 0 spiro atoms. The summed E-state index contributed by atoms with van der Waals surface area (Å²) in [6.45, 7) is 7.81. The third-order valence-electron chi connectivity index (χ3n) is 4.58. The van der Waals surface area contributed by atoms with E-state index < -0.39 is 5.60 Å². The lowest BCUT2D eigenvalue weighted by molar-refractivity contribution is -0.133. The van der Waals surface area contributed by atoms with Gasteiger partial charge >= 0.3 is 6.09 Å². The maximum atomic E-state index is 12.7. The smallest absolute Gasteiger partial charge is 0.410 e. The number of amides is 2. The second-order valence-electron chi connectivity index (χ2n) is 7.68. The van der Waals surface area contributed by atoms with E-state index in [-0.39, 0.29) is 18.5 Å². The fourth-order valence-corrected chi connectivity index (χ4v) is 3.22. The van der Waals surface area contributed by atoms with E-state index in [4.69, 9.17) is 9.47 Å². The van der Waals surface area contributed by atoms with Crippen LogP contribution in [0.1, 0.15) is 20.8 Å². The van der Waals surface area contributed by atoms with Gasteiger partial charge < -0.3 is 23.8 Å². The van der Waals surface area contributed by atoms with E-state index >= 15 is 0 Å². The zero-order valence-corrected chi connectivity index (χ0v) is 16.4. The second kappa shape index (κ2) is 7.50. The van der Waals surface area contributed by atoms with Crippen molar-refractivity contribution in [3.05, 3.63) is 30.5 Å². The molecule has 1 fully saturated rings. The number of benzene rings is 1. The number of rotatable bonds is 3. The van der Waals surface area contributed by atoms with Crippen LogP contribution in [0.15, 0.2) is 30.5 Å². The summed E-state index contributed by atoms with van der Waals surface area (Å²) in [7, 11) is 1.64. The first kappa shape index (κ1) is 19.1. The van der Waals surface area contributed by atoms with Gasteiger partial charge in [0, 0.05) is 37.8 Å². The Labute approximate surface area is 159 Å². The van der Waals surface area contributed by atoms with Gasteiger partial charge in [-0.25, -0.2) is 4.79 Å². The van der Waals surface area contributed by atoms with Crippen LogP contribution >= 0.6 is 0 Å². The molecule has 7 nitrogen and oxygen atoms in total. The van der Waals surface area contributed by atoms with Gasteiger partial charge in [0.2, 0.25) is 5.91 Å². The Bertz CT molecular complexity index is 829. The number of nitrogens with zero attached hydrogens (tertiary/aromatic N) is 3. The molecule has 1 aromatic heterocycles. The molecule has 0 atom stereocenters. The zero-order chi connectivity index (χ0) is 19.6. The number of ether oxygens (including phenoxy) is 2. The van der Waals surface area contributed by atoms with Crippen LogP contribution in [-0.2, 0) is 16.1 Å². The molecule has 0 unspecified atom stereocenters. The lowest BCUT2D eigenvalue weighted by atomic mass is 10.2. The van der Waals surface area contributed by atoms with E-state index in [1.54, 1.807) is 16.9 Å². The molecule has 1 saturated heterocycles. The van der Waals surface area contributed by atoms with Crippen LogP contribution in [0.5, 0.6) is 5.75 Å². The van der Waals surface area contributed by atoms with Crippen molar-refractivity contribution in [2.24, 2.45) is 0 Å². The molecule has 0 bridgehead atoms. The van der Waals surface area contributed by atoms with Gasteiger partial charge in [0.15, 0.2) is 0 Å². The van der Waals surface area contributed by atoms with Gasteiger partial charge in [0.05, 0.1) is 12.6 Å². The van der Waals surface area contributed by atoms with E-state index in [1.807, 2.05) is 55.8 Å². The predicted octanol–water partition coefficient (Wildman–Crippen LogP) is 2.73. The maximum Gasteiger partial charge on any atom is 0.410 e. The Morgan fingerprint density at radius 1 is 1.04 bits per heavy atom. The summed E-state index contributed by atoms with van der Waals surface area (Å²) >= 11 is 0. The number of carbonyl (C=O) groups excluding carboxylic acids is 2. The molecule has 27 heavy (non-hydrogen) atoms. The van der Waals surface area contributed by atoms with Gasteiger partial charge in [0.25, 0.3) is 0 Å². The highest BCUT2D eigenvalue weighted by Gasteiger charge is 2.27. The Morgan fingerprint density at radius 2 is 1.70 bits per heavy atom. The minimum atomic E-state index is -0.513. The van der Waals surface area contributed by atoms with Gasteiger partial charge in [-0.15, -0.1) is 0 Å². The van der Waals surface area contributed by atoms with E-state index in [2.05, 4.69) is 0 Å². The Morgan fingerprint density at radius 3 is 2.33 bits per heavy atom. The average molecular weight is 373 g/mol. The minimum absolute atomic E-state index is 0.0409. The number of hydrogen-bond acceptors (Lipinski definition) is 4. The number of methoxy groups -OCH3 is 1. The molecule has 1 aliphatic heterocycles. The Balaban J connectivity index is 1.60. The van der Waals surface area contributed by atoms with Gasteiger partial charge in [-0.05, 0) is 39.0 Å². The van der Waals surface area contributed by atoms with Crippen molar-refractivity contribution in [1.82, 2.24) is 14.4 Å². The molecule has 7 heteroatoms. The fourth-order valence-electron chi connectivity index (χ4n) is 3.22. The molecule has 1 aromatic carbocycles. The highest BCUT2D eigenvalue weighted by atomic mass is 16.6. The quantitative estimate of drug-likeness (QED) is 0.830. The van der Waals surface area contributed by atoms with Crippen LogP contribution in [0.25, 0.3) is 10.9 Å². The molecule has 0 saturated carbocycles. The number of carbonyl (C=O) groups is 2. The largest absolute Gasteiger partial charge is 0.496 e. The van der Waals surface area contributed by atoms with Gasteiger partial charge in [-0.2, -0.15) is 0 Å². The summed E-state index contributed by atoms with van der Waals surface area (Å²) in [6, 6.07) is 7.76. The van der Waals surface area contributed by atoms with Crippen molar-refractivity contribution in [3.8, 4) is 5.75 Å². The molecule has 0 aliphatic carbocycles. The van der Waals surface area contributed by atoms with Gasteiger partial charge in [-0.1, -0.05) is 6.07 Å². The first-order valence-electron chi connectivity index (χ1n) is 9.16. The van der Waals surface area contributed by atoms with Crippen molar-refractivity contribution in [2.45, 2.75) is 32.9 Å². The highest BCUT2D eigenvalue weighted by molar-refractivity contribution is 5.88. The second-order valence-corrected chi connectivity index (χ2v) is 7.68. The zero-order valence-electron chi connectivity index (χ0n) is 16.4. The fraction of sp³-hybridized carbons (Fsp3) is 0.500. The van der Waals surface area contributed by atoms with Crippen LogP contribution in [0, 0.1) is 0 Å². The summed E-state index contributed by atoms with van der Waals surface area (Å²) < 4.78 is 12.7. The molecule has 2 heterocycles. The highest BCUT2D eigenvalue weighted by Crippen LogP contribution is 2.26. The van der Waals surface area contributed by atoms with E-state index in [1.165, 1.54) is 0 Å². The normalized spacial score (nSPS) is 15.1. The van der Waals surface area contributed by atoms with Gasteiger partial charge in [-0.3, -0.25) is 4.79 Å². The average Bonchev–Trinajstić information content (AvgIpc) is 3.03. The molecule has 2 amide bonds. The lowest BCUT2D eigenvalue weighted by Gasteiger charge is -2.35. The molecule has 2 aromatic rings. The standard InChI is InChI=1S/C20H27N3O4/c1-20(2,3)27-19(25)22-12-10-21(11-13-22)18(24)14-23-9-8-15-16(23)6-5-7-17(15)26-4/h5-9H,10-14H2,1-4H3. The van der Waals surface area contributed by atoms with Crippen LogP contribution in [0.2, 0.25) is 0 Å². The van der Waals surface area contributed by atoms with Crippen molar-refractivity contribution in [1.29, 1.82) is 0 Å². The third-order valence-corrected chi connectivity index (χ3v) is 4.58. The van der Waals surface area contributed by atoms with Crippen LogP contribution in [0.4, 0.5) is 4.79 Å². The van der Waals surface area contributed by atoms with Crippen LogP contribution in [-0.4, -0.2) is 65.3 Å². The van der Waals surface area contributed by atoms with Gasteiger partial charge in [0.1, 0.15) is 17.9 Å². The number of hydrogen-bond donors (Lipinski definition) is 0. The van der Waals surface area contributed by atoms with Crippen molar-refractivity contribution >= 4 is 22.9 Å². The van der Waals surface area contributed by atoms with E-state index in [9.17, 15) is 9.59 Å². The molecule has 1 aliphatic rings. The first-order chi connectivity index (χ1) is 12.8. The topological polar surface area (TPSA) is 64.0 Å². The van der Waals surface area contributed by atoms with Crippen molar-refractivity contribution in [3.63, 3.8) is 0 Å². The van der Waals surface area contributed by atoms with Crippen LogP contribution in [0.3, 0.4) is 0 Å². The SMILES string of the molecule is COc1cccc2c1ccn2CC(=O)N1CCN(C(=O)OC(C)(C)C)CC1. The molecule has 3 rings (SSSR count). The van der Waals surface area contributed by atoms with Crippen molar-refractivity contribution < 1.29 is 19.1 Å². The predicted molar refractivity (Wildman–Crippen MR) is 103 cm³/mol. The summed E-state index contributed by atoms with van der Waals surface area (Å²) in [5.41, 5.74) is 0.454. The molecular weight excluding hydrogens is 346 g/mol. The summed E-state index contributed by atoms with van der Waals surface area (Å²) in [6.07, 6.45) is 1.58. The molecule has 0 radical (unpaired) electrons. The Kier molecular flexibility index (Phi) is 5.30. The third kappa shape index (κ3) is 4.35. The molecular formula is C20H27N3O4. The molecule has 146 valence electrons. The first-order valence-corrected chi connectivity index (χ1v) is 9.16. The number of fused-ring (bicyclic) bond motifs is 1. The Hall–Kier alpha value is -2.70. The van der Waals surface area contributed by atoms with E-state index in [0.29, 0.717) is 26.2 Å².